The highest BCUT2D eigenvalue weighted by atomic mass is 16.5. The number of carbonyl (C=O) groups is 2. The van der Waals surface area contributed by atoms with Crippen molar-refractivity contribution >= 4 is 12.1 Å². The van der Waals surface area contributed by atoms with E-state index in [2.05, 4.69) is 5.32 Å². The molecule has 0 bridgehead atoms. The molecule has 2 N–H and O–H groups in total. The van der Waals surface area contributed by atoms with Gasteiger partial charge in [-0.1, -0.05) is 13.8 Å². The number of carbonyl (C=O) groups excluding carboxylic acids is 1. The van der Waals surface area contributed by atoms with Crippen LogP contribution in [0.4, 0.5) is 4.79 Å². The summed E-state index contributed by atoms with van der Waals surface area (Å²) in [7, 11) is 0. The minimum absolute atomic E-state index is 0.127. The molecular formula is C9H17NO4. The maximum absolute atomic E-state index is 11.4. The lowest BCUT2D eigenvalue weighted by Crippen LogP contribution is -2.45. The summed E-state index contributed by atoms with van der Waals surface area (Å²) < 4.78 is 4.91. The maximum Gasteiger partial charge on any atom is 0.405 e. The Morgan fingerprint density at radius 1 is 1.21 bits per heavy atom. The van der Waals surface area contributed by atoms with Crippen LogP contribution in [0.3, 0.4) is 0 Å². The van der Waals surface area contributed by atoms with Crippen LogP contribution in [0.15, 0.2) is 0 Å². The molecule has 0 spiro atoms. The van der Waals surface area contributed by atoms with E-state index in [1.165, 1.54) is 0 Å². The molecule has 0 radical (unpaired) electrons. The first-order valence-electron chi connectivity index (χ1n) is 4.54. The molecule has 0 saturated heterocycles. The number of hydrogen-bond donors (Lipinski definition) is 2. The number of nitrogens with one attached hydrogen (secondary N) is 1. The minimum Gasteiger partial charge on any atom is -0.465 e. The Bertz CT molecular complexity index is 213. The van der Waals surface area contributed by atoms with Crippen molar-refractivity contribution in [3.8, 4) is 0 Å². The van der Waals surface area contributed by atoms with E-state index in [1.54, 1.807) is 27.7 Å². The molecule has 5 nitrogen and oxygen atoms in total. The summed E-state index contributed by atoms with van der Waals surface area (Å²) in [5.74, 6) is -0.658. The van der Waals surface area contributed by atoms with Gasteiger partial charge in [0.05, 0.1) is 6.10 Å². The SMILES string of the molecule is CC(C)OC(=O)C(NC(=O)O)C(C)C. The van der Waals surface area contributed by atoms with E-state index >= 15 is 0 Å². The van der Waals surface area contributed by atoms with Crippen LogP contribution in [0.1, 0.15) is 27.7 Å². The second kappa shape index (κ2) is 5.47. The van der Waals surface area contributed by atoms with Gasteiger partial charge in [-0.05, 0) is 19.8 Å². The van der Waals surface area contributed by atoms with Crippen LogP contribution in [0.2, 0.25) is 0 Å². The van der Waals surface area contributed by atoms with Crippen LogP contribution in [0.25, 0.3) is 0 Å². The third-order valence-electron chi connectivity index (χ3n) is 1.55. The van der Waals surface area contributed by atoms with Gasteiger partial charge in [-0.15, -0.1) is 0 Å². The van der Waals surface area contributed by atoms with E-state index in [-0.39, 0.29) is 12.0 Å². The molecule has 0 aromatic heterocycles. The van der Waals surface area contributed by atoms with E-state index in [0.29, 0.717) is 0 Å². The summed E-state index contributed by atoms with van der Waals surface area (Å²) in [6.45, 7) is 6.94. The smallest absolute Gasteiger partial charge is 0.405 e. The highest BCUT2D eigenvalue weighted by Crippen LogP contribution is 2.05. The molecular weight excluding hydrogens is 186 g/mol. The third kappa shape index (κ3) is 4.69. The van der Waals surface area contributed by atoms with Gasteiger partial charge in [0.2, 0.25) is 0 Å². The van der Waals surface area contributed by atoms with Crippen molar-refractivity contribution in [1.29, 1.82) is 0 Å². The molecule has 0 aromatic carbocycles. The number of ether oxygens (including phenoxy) is 1. The van der Waals surface area contributed by atoms with Crippen molar-refractivity contribution in [3.05, 3.63) is 0 Å². The number of amides is 1. The summed E-state index contributed by atoms with van der Waals surface area (Å²) in [4.78, 5) is 21.8. The molecule has 82 valence electrons. The van der Waals surface area contributed by atoms with Gasteiger partial charge in [0.1, 0.15) is 6.04 Å². The van der Waals surface area contributed by atoms with E-state index in [9.17, 15) is 9.59 Å². The fourth-order valence-corrected chi connectivity index (χ4v) is 0.936. The number of rotatable bonds is 4. The van der Waals surface area contributed by atoms with Gasteiger partial charge in [0, 0.05) is 0 Å². The second-order valence-corrected chi connectivity index (χ2v) is 3.66. The van der Waals surface area contributed by atoms with Crippen molar-refractivity contribution in [2.45, 2.75) is 39.8 Å². The Morgan fingerprint density at radius 2 is 1.71 bits per heavy atom. The molecule has 0 aliphatic carbocycles. The first-order valence-corrected chi connectivity index (χ1v) is 4.54. The normalized spacial score (nSPS) is 12.7. The molecule has 0 aliphatic heterocycles. The Labute approximate surface area is 83.4 Å². The predicted molar refractivity (Wildman–Crippen MR) is 51.0 cm³/mol. The van der Waals surface area contributed by atoms with Crippen LogP contribution in [0, 0.1) is 5.92 Å². The number of hydrogen-bond acceptors (Lipinski definition) is 3. The molecule has 0 fully saturated rings. The highest BCUT2D eigenvalue weighted by molar-refractivity contribution is 5.81. The van der Waals surface area contributed by atoms with Gasteiger partial charge >= 0.3 is 12.1 Å². The Morgan fingerprint density at radius 3 is 2.00 bits per heavy atom. The second-order valence-electron chi connectivity index (χ2n) is 3.66. The molecule has 14 heavy (non-hydrogen) atoms. The first-order chi connectivity index (χ1) is 6.34. The fraction of sp³-hybridized carbons (Fsp3) is 0.778. The maximum atomic E-state index is 11.4. The lowest BCUT2D eigenvalue weighted by Gasteiger charge is -2.20. The Kier molecular flexibility index (Phi) is 4.97. The third-order valence-corrected chi connectivity index (χ3v) is 1.55. The molecule has 1 unspecified atom stereocenters. The molecule has 5 heteroatoms. The highest BCUT2D eigenvalue weighted by Gasteiger charge is 2.25. The van der Waals surface area contributed by atoms with Crippen molar-refractivity contribution < 1.29 is 19.4 Å². The van der Waals surface area contributed by atoms with Gasteiger partial charge in [-0.25, -0.2) is 9.59 Å². The van der Waals surface area contributed by atoms with Gasteiger partial charge in [-0.2, -0.15) is 0 Å². The predicted octanol–water partition coefficient (Wildman–Crippen LogP) is 1.23. The zero-order valence-electron chi connectivity index (χ0n) is 8.90. The van der Waals surface area contributed by atoms with Gasteiger partial charge in [0.15, 0.2) is 0 Å². The molecule has 1 amide bonds. The zero-order chi connectivity index (χ0) is 11.3. The van der Waals surface area contributed by atoms with Crippen molar-refractivity contribution in [1.82, 2.24) is 5.32 Å². The summed E-state index contributed by atoms with van der Waals surface area (Å²) in [6.07, 6.45) is -1.45. The Balaban J connectivity index is 4.33. The molecule has 0 heterocycles. The quantitative estimate of drug-likeness (QED) is 0.674. The standard InChI is InChI=1S/C9H17NO4/c1-5(2)7(10-9(12)13)8(11)14-6(3)4/h5-7,10H,1-4H3,(H,12,13). The molecule has 0 saturated carbocycles. The Hall–Kier alpha value is -1.26. The van der Waals surface area contributed by atoms with Crippen molar-refractivity contribution in [2.24, 2.45) is 5.92 Å². The van der Waals surface area contributed by atoms with Crippen LogP contribution < -0.4 is 5.32 Å². The summed E-state index contributed by atoms with van der Waals surface area (Å²) in [6, 6.07) is -0.796. The van der Waals surface area contributed by atoms with Crippen LogP contribution >= 0.6 is 0 Å². The molecule has 0 rings (SSSR count). The molecule has 1 atom stereocenters. The first kappa shape index (κ1) is 12.7. The summed E-state index contributed by atoms with van der Waals surface area (Å²) in [5, 5.41) is 10.6. The topological polar surface area (TPSA) is 75.6 Å². The van der Waals surface area contributed by atoms with Crippen LogP contribution in [0.5, 0.6) is 0 Å². The van der Waals surface area contributed by atoms with E-state index in [0.717, 1.165) is 0 Å². The lowest BCUT2D eigenvalue weighted by atomic mass is 10.1. The molecule has 0 aliphatic rings. The largest absolute Gasteiger partial charge is 0.465 e. The lowest BCUT2D eigenvalue weighted by molar-refractivity contribution is -0.151. The monoisotopic (exact) mass is 203 g/mol. The van der Waals surface area contributed by atoms with E-state index in [1.807, 2.05) is 0 Å². The minimum atomic E-state index is -1.22. The van der Waals surface area contributed by atoms with E-state index in [4.69, 9.17) is 9.84 Å². The van der Waals surface area contributed by atoms with Crippen LogP contribution in [-0.4, -0.2) is 29.3 Å². The molecule has 0 aromatic rings. The van der Waals surface area contributed by atoms with Crippen LogP contribution in [-0.2, 0) is 9.53 Å². The summed E-state index contributed by atoms with van der Waals surface area (Å²) in [5.41, 5.74) is 0. The van der Waals surface area contributed by atoms with Crippen molar-refractivity contribution in [2.75, 3.05) is 0 Å². The zero-order valence-corrected chi connectivity index (χ0v) is 8.90. The average Bonchev–Trinajstić information content (AvgIpc) is 1.97. The fourth-order valence-electron chi connectivity index (χ4n) is 0.936. The van der Waals surface area contributed by atoms with Gasteiger partial charge in [0.25, 0.3) is 0 Å². The average molecular weight is 203 g/mol. The summed E-state index contributed by atoms with van der Waals surface area (Å²) >= 11 is 0. The number of esters is 1. The number of carboxylic acid groups (broad SMARTS) is 1. The van der Waals surface area contributed by atoms with Gasteiger partial charge < -0.3 is 15.2 Å². The van der Waals surface area contributed by atoms with E-state index < -0.39 is 18.1 Å². The van der Waals surface area contributed by atoms with Crippen molar-refractivity contribution in [3.63, 3.8) is 0 Å². The van der Waals surface area contributed by atoms with Gasteiger partial charge in [-0.3, -0.25) is 0 Å².